The summed E-state index contributed by atoms with van der Waals surface area (Å²) in [5, 5.41) is 0. The highest BCUT2D eigenvalue weighted by molar-refractivity contribution is 5.79. The average Bonchev–Trinajstić information content (AvgIpc) is 3.27. The molecule has 0 heterocycles. The quantitative estimate of drug-likeness (QED) is 0.147. The third-order valence-electron chi connectivity index (χ3n) is 10.5. The Morgan fingerprint density at radius 3 is 0.286 bits per heavy atom. The fourth-order valence-electron chi connectivity index (χ4n) is 7.06. The molecule has 8 aromatic rings. The van der Waals surface area contributed by atoms with Gasteiger partial charge < -0.3 is 0 Å². The molecule has 21 rings (SSSR count). The van der Waals surface area contributed by atoms with Crippen LogP contribution in [0.4, 0.5) is 0 Å². The predicted molar refractivity (Wildman–Crippen MR) is 243 cm³/mol. The van der Waals surface area contributed by atoms with Gasteiger partial charge in [-0.3, -0.25) is 0 Å². The molecule has 0 spiro atoms. The van der Waals surface area contributed by atoms with Gasteiger partial charge in [0.05, 0.1) is 0 Å². The molecule has 0 aromatic heterocycles. The lowest BCUT2D eigenvalue weighted by Crippen LogP contribution is -1.82. The fraction of sp³-hybridized carbons (Fsp3) is 0. The maximum absolute atomic E-state index is 2.20. The van der Waals surface area contributed by atoms with E-state index in [0.717, 1.165) is 0 Å². The zero-order valence-corrected chi connectivity index (χ0v) is 31.1. The van der Waals surface area contributed by atoms with E-state index in [0.29, 0.717) is 0 Å². The minimum Gasteiger partial charge on any atom is -0.0544 e. The largest absolute Gasteiger partial charge is 0.0544 e. The topological polar surface area (TPSA) is 0 Å². The van der Waals surface area contributed by atoms with E-state index >= 15 is 0 Å². The fourth-order valence-corrected chi connectivity index (χ4v) is 7.06. The molecule has 0 amide bonds. The molecule has 0 radical (unpaired) electrons. The zero-order valence-electron chi connectivity index (χ0n) is 31.1. The molecule has 0 unspecified atom stereocenters. The summed E-state index contributed by atoms with van der Waals surface area (Å²) in [7, 11) is 0. The normalized spacial score (nSPS) is 14.3. The van der Waals surface area contributed by atoms with Crippen molar-refractivity contribution in [2.45, 2.75) is 0 Å². The Hall–Kier alpha value is -7.28. The monoisotopic (exact) mass is 712 g/mol. The number of hydrogen-bond donors (Lipinski definition) is 0. The van der Waals surface area contributed by atoms with E-state index in [1.807, 2.05) is 0 Å². The van der Waals surface area contributed by atoms with E-state index in [-0.39, 0.29) is 0 Å². The minimum atomic E-state index is 1.18. The Balaban J connectivity index is 0.972. The summed E-state index contributed by atoms with van der Waals surface area (Å²) in [6, 6.07) is 70.2. The molecule has 0 atom stereocenters. The molecule has 13 aliphatic carbocycles. The Bertz CT molecular complexity index is 2090. The molecule has 16 bridgehead atoms. The SMILES string of the molecule is C1=C\c2ccc(cc2)-c2ccc(cc2)/C=C\c2ccc(cc2)-c2ccc(cc2)/C=C\c2ccc(cc2)-c2ccc(cc2)/C=C\c2ccc(cc2)-c2ccc/1cc2. The van der Waals surface area contributed by atoms with E-state index in [1.165, 1.54) is 89.0 Å². The molecule has 0 aliphatic heterocycles. The van der Waals surface area contributed by atoms with Crippen molar-refractivity contribution in [3.63, 3.8) is 0 Å². The third kappa shape index (κ3) is 8.26. The average molecular weight is 713 g/mol. The van der Waals surface area contributed by atoms with Gasteiger partial charge in [0, 0.05) is 0 Å². The second kappa shape index (κ2) is 16.0. The molecule has 13 aliphatic rings. The van der Waals surface area contributed by atoms with E-state index in [1.54, 1.807) is 0 Å². The van der Waals surface area contributed by atoms with Crippen molar-refractivity contribution in [3.05, 3.63) is 239 Å². The van der Waals surface area contributed by atoms with Crippen molar-refractivity contribution in [2.75, 3.05) is 0 Å². The first-order valence-electron chi connectivity index (χ1n) is 19.2. The first kappa shape index (κ1) is 34.5. The lowest BCUT2D eigenvalue weighted by molar-refractivity contribution is 1.57. The molecule has 0 saturated carbocycles. The van der Waals surface area contributed by atoms with Crippen LogP contribution in [0, 0.1) is 0 Å². The summed E-state index contributed by atoms with van der Waals surface area (Å²) in [6.45, 7) is 0. The van der Waals surface area contributed by atoms with Crippen LogP contribution < -0.4 is 0 Å². The van der Waals surface area contributed by atoms with Crippen LogP contribution in [0.2, 0.25) is 0 Å². The molecule has 0 nitrogen and oxygen atoms in total. The van der Waals surface area contributed by atoms with Gasteiger partial charge in [-0.1, -0.05) is 243 Å². The standard InChI is InChI=1S/C56H40/c1-2-42-11-27-50(28-12-42)52-31-15-44(16-32-52)5-6-46-19-35-54(36-20-46)56-39-23-48(24-40-56)8-7-47-21-37-55(38-22-47)53-33-17-45(18-34-53)4-3-43-13-29-51(30-14-43)49-25-9-41(1)10-26-49/h1-40H/b2-1-,4-3-,6-5-,8-7-,41-1?,42-2?,43-3?,44-5?,45-4?,46-6?,47-7?,48-8?,51-49?,52-50?,55-53?,56-54?. The minimum absolute atomic E-state index is 1.18. The summed E-state index contributed by atoms with van der Waals surface area (Å²) in [6.07, 6.45) is 17.4. The zero-order chi connectivity index (χ0) is 37.5. The molecular weight excluding hydrogens is 673 g/mol. The van der Waals surface area contributed by atoms with Gasteiger partial charge in [0.25, 0.3) is 0 Å². The van der Waals surface area contributed by atoms with Crippen molar-refractivity contribution in [1.82, 2.24) is 0 Å². The van der Waals surface area contributed by atoms with Crippen LogP contribution >= 0.6 is 0 Å². The summed E-state index contributed by atoms with van der Waals surface area (Å²) >= 11 is 0. The van der Waals surface area contributed by atoms with Crippen LogP contribution in [0.3, 0.4) is 0 Å². The first-order valence-corrected chi connectivity index (χ1v) is 19.2. The Kier molecular flexibility index (Phi) is 9.84. The van der Waals surface area contributed by atoms with Crippen molar-refractivity contribution in [1.29, 1.82) is 0 Å². The molecule has 0 N–H and O–H groups in total. The Morgan fingerprint density at radius 1 is 0.107 bits per heavy atom. The Morgan fingerprint density at radius 2 is 0.196 bits per heavy atom. The lowest BCUT2D eigenvalue weighted by atomic mass is 10.00. The number of hydrogen-bond acceptors (Lipinski definition) is 0. The second-order valence-electron chi connectivity index (χ2n) is 14.3. The van der Waals surface area contributed by atoms with Crippen LogP contribution in [-0.2, 0) is 0 Å². The van der Waals surface area contributed by atoms with Gasteiger partial charge in [0.15, 0.2) is 0 Å². The van der Waals surface area contributed by atoms with Gasteiger partial charge in [-0.25, -0.2) is 0 Å². The maximum atomic E-state index is 2.20. The smallest absolute Gasteiger partial charge is 0.0184 e. The highest BCUT2D eigenvalue weighted by Gasteiger charge is 2.03. The van der Waals surface area contributed by atoms with Crippen molar-refractivity contribution in [3.8, 4) is 44.5 Å². The summed E-state index contributed by atoms with van der Waals surface area (Å²) in [5.74, 6) is 0. The van der Waals surface area contributed by atoms with Gasteiger partial charge in [-0.2, -0.15) is 0 Å². The molecular formula is C56H40. The predicted octanol–water partition coefficient (Wildman–Crippen LogP) is 15.3. The summed E-state index contributed by atoms with van der Waals surface area (Å²) in [4.78, 5) is 0. The molecule has 8 aromatic carbocycles. The number of rotatable bonds is 0. The Labute approximate surface area is 330 Å². The van der Waals surface area contributed by atoms with Gasteiger partial charge in [0.1, 0.15) is 0 Å². The van der Waals surface area contributed by atoms with Gasteiger partial charge in [-0.05, 0) is 89.0 Å². The van der Waals surface area contributed by atoms with Crippen LogP contribution in [0.5, 0.6) is 0 Å². The van der Waals surface area contributed by atoms with Gasteiger partial charge in [0.2, 0.25) is 0 Å². The van der Waals surface area contributed by atoms with Crippen LogP contribution in [0.1, 0.15) is 44.5 Å². The van der Waals surface area contributed by atoms with E-state index in [2.05, 4.69) is 243 Å². The molecule has 0 heteroatoms. The van der Waals surface area contributed by atoms with E-state index < -0.39 is 0 Å². The van der Waals surface area contributed by atoms with Crippen molar-refractivity contribution >= 4 is 48.6 Å². The molecule has 264 valence electrons. The number of benzene rings is 8. The highest BCUT2D eigenvalue weighted by atomic mass is 14.1. The van der Waals surface area contributed by atoms with Gasteiger partial charge in [-0.15, -0.1) is 0 Å². The second-order valence-corrected chi connectivity index (χ2v) is 14.3. The molecule has 56 heavy (non-hydrogen) atoms. The van der Waals surface area contributed by atoms with Crippen LogP contribution in [-0.4, -0.2) is 0 Å². The van der Waals surface area contributed by atoms with E-state index in [4.69, 9.17) is 0 Å². The van der Waals surface area contributed by atoms with Crippen molar-refractivity contribution < 1.29 is 0 Å². The maximum Gasteiger partial charge on any atom is -0.0184 e. The van der Waals surface area contributed by atoms with Crippen LogP contribution in [0.25, 0.3) is 93.1 Å². The van der Waals surface area contributed by atoms with Gasteiger partial charge >= 0.3 is 0 Å². The third-order valence-corrected chi connectivity index (χ3v) is 10.5. The van der Waals surface area contributed by atoms with Crippen molar-refractivity contribution in [2.24, 2.45) is 0 Å². The summed E-state index contributed by atoms with van der Waals surface area (Å²) < 4.78 is 0. The first-order chi connectivity index (χ1) is 27.7. The molecule has 0 saturated heterocycles. The molecule has 0 fully saturated rings. The summed E-state index contributed by atoms with van der Waals surface area (Å²) in [5.41, 5.74) is 19.1. The van der Waals surface area contributed by atoms with Crippen LogP contribution in [0.15, 0.2) is 194 Å². The van der Waals surface area contributed by atoms with E-state index in [9.17, 15) is 0 Å². The highest BCUT2D eigenvalue weighted by Crippen LogP contribution is 2.27. The lowest BCUT2D eigenvalue weighted by Gasteiger charge is -2.05.